The Morgan fingerprint density at radius 2 is 1.84 bits per heavy atom. The number of aryl methyl sites for hydroxylation is 2. The average Bonchev–Trinajstić information content (AvgIpc) is 3.15. The summed E-state index contributed by atoms with van der Waals surface area (Å²) in [4.78, 5) is 19.6. The number of nitrogens with zero attached hydrogens (tertiary/aromatic N) is 1. The molecule has 4 heteroatoms. The molecule has 1 N–H and O–H groups in total. The van der Waals surface area contributed by atoms with E-state index >= 15 is 0 Å². The lowest BCUT2D eigenvalue weighted by Crippen LogP contribution is -2.16. The van der Waals surface area contributed by atoms with Crippen molar-refractivity contribution >= 4 is 22.6 Å². The standard InChI is InChI=1S/C15H15IN2O/c1-8-5-9(2)7-11(6-8)14-17-13(10-3-4-10)12(16)15(19)18-14/h5-7,10H,3-4H2,1-2H3,(H,17,18,19). The van der Waals surface area contributed by atoms with Crippen LogP contribution in [0.3, 0.4) is 0 Å². The minimum atomic E-state index is -0.0216. The molecule has 1 aromatic carbocycles. The second kappa shape index (κ2) is 4.74. The fourth-order valence-corrected chi connectivity index (χ4v) is 3.05. The molecule has 0 radical (unpaired) electrons. The van der Waals surface area contributed by atoms with Crippen molar-refractivity contribution in [2.75, 3.05) is 0 Å². The number of H-pyrrole nitrogens is 1. The number of nitrogens with one attached hydrogen (secondary N) is 1. The molecular weight excluding hydrogens is 351 g/mol. The van der Waals surface area contributed by atoms with Crippen molar-refractivity contribution in [3.05, 3.63) is 48.9 Å². The number of hydrogen-bond acceptors (Lipinski definition) is 2. The largest absolute Gasteiger partial charge is 0.306 e. The predicted molar refractivity (Wildman–Crippen MR) is 84.5 cm³/mol. The highest BCUT2D eigenvalue weighted by Gasteiger charge is 2.29. The number of hydrogen-bond donors (Lipinski definition) is 1. The summed E-state index contributed by atoms with van der Waals surface area (Å²) in [5.74, 6) is 1.18. The van der Waals surface area contributed by atoms with Gasteiger partial charge in [0.25, 0.3) is 5.56 Å². The first kappa shape index (κ1) is 12.8. The molecule has 0 aliphatic heterocycles. The van der Waals surface area contributed by atoms with Crippen molar-refractivity contribution < 1.29 is 0 Å². The van der Waals surface area contributed by atoms with Gasteiger partial charge in [0, 0.05) is 11.5 Å². The van der Waals surface area contributed by atoms with E-state index in [0.29, 0.717) is 11.7 Å². The Morgan fingerprint density at radius 3 is 2.42 bits per heavy atom. The van der Waals surface area contributed by atoms with Gasteiger partial charge in [-0.2, -0.15) is 0 Å². The number of aromatic amines is 1. The van der Waals surface area contributed by atoms with E-state index in [1.165, 1.54) is 11.1 Å². The molecule has 98 valence electrons. The van der Waals surface area contributed by atoms with Gasteiger partial charge in [-0.15, -0.1) is 0 Å². The molecule has 0 saturated heterocycles. The van der Waals surface area contributed by atoms with Gasteiger partial charge in [-0.3, -0.25) is 4.79 Å². The topological polar surface area (TPSA) is 45.8 Å². The summed E-state index contributed by atoms with van der Waals surface area (Å²) < 4.78 is 0.744. The highest BCUT2D eigenvalue weighted by atomic mass is 127. The molecule has 0 spiro atoms. The van der Waals surface area contributed by atoms with Crippen LogP contribution in [0.15, 0.2) is 23.0 Å². The number of halogens is 1. The van der Waals surface area contributed by atoms with Gasteiger partial charge >= 0.3 is 0 Å². The van der Waals surface area contributed by atoms with Crippen molar-refractivity contribution in [2.45, 2.75) is 32.6 Å². The minimum Gasteiger partial charge on any atom is -0.306 e. The third-order valence-electron chi connectivity index (χ3n) is 3.35. The lowest BCUT2D eigenvalue weighted by molar-refractivity contribution is 0.958. The molecule has 0 atom stereocenters. The fraction of sp³-hybridized carbons (Fsp3) is 0.333. The highest BCUT2D eigenvalue weighted by molar-refractivity contribution is 14.1. The van der Waals surface area contributed by atoms with Crippen LogP contribution in [0.1, 0.15) is 35.6 Å². The Hall–Kier alpha value is -1.17. The first-order valence-electron chi connectivity index (χ1n) is 6.43. The van der Waals surface area contributed by atoms with Crippen LogP contribution >= 0.6 is 22.6 Å². The van der Waals surface area contributed by atoms with Crippen LogP contribution in [-0.4, -0.2) is 9.97 Å². The zero-order valence-electron chi connectivity index (χ0n) is 11.0. The summed E-state index contributed by atoms with van der Waals surface area (Å²) in [5.41, 5.74) is 4.31. The van der Waals surface area contributed by atoms with E-state index in [2.05, 4.69) is 64.6 Å². The van der Waals surface area contributed by atoms with E-state index in [0.717, 1.165) is 27.7 Å². The molecule has 3 nitrogen and oxygen atoms in total. The number of benzene rings is 1. The molecule has 1 saturated carbocycles. The Labute approximate surface area is 125 Å². The minimum absolute atomic E-state index is 0.0216. The lowest BCUT2D eigenvalue weighted by atomic mass is 10.1. The fourth-order valence-electron chi connectivity index (χ4n) is 2.35. The normalized spacial score (nSPS) is 14.7. The maximum atomic E-state index is 12.0. The monoisotopic (exact) mass is 366 g/mol. The van der Waals surface area contributed by atoms with Crippen LogP contribution in [-0.2, 0) is 0 Å². The van der Waals surface area contributed by atoms with E-state index in [1.807, 2.05) is 0 Å². The Bertz CT molecular complexity index is 682. The summed E-state index contributed by atoms with van der Waals surface area (Å²) in [7, 11) is 0. The van der Waals surface area contributed by atoms with Gasteiger partial charge in [0.15, 0.2) is 0 Å². The summed E-state index contributed by atoms with van der Waals surface area (Å²) in [6, 6.07) is 6.25. The molecular formula is C15H15IN2O. The summed E-state index contributed by atoms with van der Waals surface area (Å²) >= 11 is 2.10. The van der Waals surface area contributed by atoms with Gasteiger partial charge in [-0.25, -0.2) is 4.98 Å². The van der Waals surface area contributed by atoms with E-state index < -0.39 is 0 Å². The van der Waals surface area contributed by atoms with Crippen LogP contribution in [0.5, 0.6) is 0 Å². The smallest absolute Gasteiger partial charge is 0.264 e. The van der Waals surface area contributed by atoms with Crippen molar-refractivity contribution in [3.63, 3.8) is 0 Å². The molecule has 1 aliphatic rings. The molecule has 2 aromatic rings. The number of rotatable bonds is 2. The van der Waals surface area contributed by atoms with Crippen LogP contribution in [0.4, 0.5) is 0 Å². The molecule has 1 fully saturated rings. The van der Waals surface area contributed by atoms with Crippen molar-refractivity contribution in [2.24, 2.45) is 0 Å². The van der Waals surface area contributed by atoms with Gasteiger partial charge in [-0.05, 0) is 61.4 Å². The molecule has 19 heavy (non-hydrogen) atoms. The second-order valence-corrected chi connectivity index (χ2v) is 6.34. The quantitative estimate of drug-likeness (QED) is 0.827. The summed E-state index contributed by atoms with van der Waals surface area (Å²) in [6.07, 6.45) is 2.30. The van der Waals surface area contributed by atoms with E-state index in [-0.39, 0.29) is 5.56 Å². The molecule has 1 aliphatic carbocycles. The molecule has 0 amide bonds. The molecule has 0 unspecified atom stereocenters. The SMILES string of the molecule is Cc1cc(C)cc(-c2nc(C3CC3)c(I)c(=O)[nH]2)c1. The molecule has 1 aromatic heterocycles. The number of aromatic nitrogens is 2. The Morgan fingerprint density at radius 1 is 1.21 bits per heavy atom. The van der Waals surface area contributed by atoms with Gasteiger partial charge in [0.05, 0.1) is 9.26 Å². The molecule has 1 heterocycles. The lowest BCUT2D eigenvalue weighted by Gasteiger charge is -2.07. The van der Waals surface area contributed by atoms with Gasteiger partial charge in [0.2, 0.25) is 0 Å². The van der Waals surface area contributed by atoms with Crippen molar-refractivity contribution in [1.82, 2.24) is 9.97 Å². The summed E-state index contributed by atoms with van der Waals surface area (Å²) in [5, 5.41) is 0. The zero-order chi connectivity index (χ0) is 13.6. The van der Waals surface area contributed by atoms with E-state index in [9.17, 15) is 4.79 Å². The first-order chi connectivity index (χ1) is 9.04. The van der Waals surface area contributed by atoms with Gasteiger partial charge in [-0.1, -0.05) is 17.2 Å². The maximum Gasteiger partial charge on any atom is 0.264 e. The highest BCUT2D eigenvalue weighted by Crippen LogP contribution is 2.40. The summed E-state index contributed by atoms with van der Waals surface area (Å²) in [6.45, 7) is 4.12. The van der Waals surface area contributed by atoms with E-state index in [4.69, 9.17) is 0 Å². The third kappa shape index (κ3) is 2.59. The Kier molecular flexibility index (Phi) is 3.20. The van der Waals surface area contributed by atoms with Crippen LogP contribution in [0.25, 0.3) is 11.4 Å². The van der Waals surface area contributed by atoms with E-state index in [1.54, 1.807) is 0 Å². The predicted octanol–water partition coefficient (Wildman–Crippen LogP) is 3.54. The second-order valence-electron chi connectivity index (χ2n) is 5.26. The van der Waals surface area contributed by atoms with Crippen LogP contribution in [0, 0.1) is 17.4 Å². The van der Waals surface area contributed by atoms with Gasteiger partial charge in [0.1, 0.15) is 5.82 Å². The van der Waals surface area contributed by atoms with Crippen LogP contribution in [0.2, 0.25) is 0 Å². The average molecular weight is 366 g/mol. The molecule has 0 bridgehead atoms. The first-order valence-corrected chi connectivity index (χ1v) is 7.51. The Balaban J connectivity index is 2.17. The van der Waals surface area contributed by atoms with Crippen LogP contribution < -0.4 is 5.56 Å². The molecule has 3 rings (SSSR count). The zero-order valence-corrected chi connectivity index (χ0v) is 13.1. The van der Waals surface area contributed by atoms with Gasteiger partial charge < -0.3 is 4.98 Å². The maximum absolute atomic E-state index is 12.0. The third-order valence-corrected chi connectivity index (χ3v) is 4.39. The van der Waals surface area contributed by atoms with Crippen molar-refractivity contribution in [3.8, 4) is 11.4 Å². The van der Waals surface area contributed by atoms with Crippen molar-refractivity contribution in [1.29, 1.82) is 0 Å².